The number of allylic oxidation sites excluding steroid dienone is 14. The highest BCUT2D eigenvalue weighted by molar-refractivity contribution is 6.09. The average Bonchev–Trinajstić information content (AvgIpc) is 3.45. The summed E-state index contributed by atoms with van der Waals surface area (Å²) in [5.41, 5.74) is 0.510. The summed E-state index contributed by atoms with van der Waals surface area (Å²) in [6.45, 7) is 1.36. The van der Waals surface area contributed by atoms with Crippen molar-refractivity contribution < 1.29 is 22.2 Å². The van der Waals surface area contributed by atoms with Gasteiger partial charge in [0.25, 0.3) is 0 Å². The Morgan fingerprint density at radius 1 is 0.939 bits per heavy atom. The zero-order chi connectivity index (χ0) is 33.4. The van der Waals surface area contributed by atoms with Crippen LogP contribution in [0.2, 0.25) is 0 Å². The molecule has 2 aromatic carbocycles. The smallest absolute Gasteiger partial charge is 0.142 e. The molecule has 1 nitrogen and oxygen atoms in total. The van der Waals surface area contributed by atoms with Crippen LogP contribution in [0.1, 0.15) is 36.2 Å². The Morgan fingerprint density at radius 3 is 2.55 bits per heavy atom. The van der Waals surface area contributed by atoms with Gasteiger partial charge in [-0.2, -0.15) is 0 Å². The highest BCUT2D eigenvalue weighted by Gasteiger charge is 2.36. The standard InChI is InChI=1S/C32H26O/c1-3-22-23(4-2)31(26-17-9-8-16-25(26)30(22)21-13-6-5-7-14-21)28-19-12-18-27-24-15-10-11-20-29(24)33-32(27)28/h3-6,8-13,15-20,25-26H,1-2,7,14H2/i1D,2D,3D,4D,5D,6D,7D,8D,9D,13D,14D,16D,17D. The van der Waals surface area contributed by atoms with Crippen LogP contribution in [0.4, 0.5) is 0 Å². The Hall–Kier alpha value is -3.84. The molecule has 0 saturated carbocycles. The van der Waals surface area contributed by atoms with Crippen molar-refractivity contribution >= 4 is 27.5 Å². The first-order chi connectivity index (χ1) is 21.9. The summed E-state index contributed by atoms with van der Waals surface area (Å²) in [5, 5.41) is 1.45. The Bertz CT molecular complexity index is 2100. The topological polar surface area (TPSA) is 13.1 Å². The fourth-order valence-corrected chi connectivity index (χ4v) is 4.78. The van der Waals surface area contributed by atoms with E-state index in [-0.39, 0.29) is 27.9 Å². The lowest BCUT2D eigenvalue weighted by Crippen LogP contribution is -2.25. The van der Waals surface area contributed by atoms with Gasteiger partial charge in [0.2, 0.25) is 0 Å². The van der Waals surface area contributed by atoms with Crippen LogP contribution in [0.15, 0.2) is 137 Å². The first-order valence-corrected chi connectivity index (χ1v) is 10.5. The van der Waals surface area contributed by atoms with Crippen LogP contribution >= 0.6 is 0 Å². The van der Waals surface area contributed by atoms with Crippen LogP contribution in [0.3, 0.4) is 0 Å². The summed E-state index contributed by atoms with van der Waals surface area (Å²) in [6, 6.07) is 7.57. The maximum absolute atomic E-state index is 9.16. The van der Waals surface area contributed by atoms with Crippen LogP contribution < -0.4 is 0 Å². The third-order valence-corrected chi connectivity index (χ3v) is 6.14. The predicted octanol–water partition coefficient (Wildman–Crippen LogP) is 8.66. The van der Waals surface area contributed by atoms with Gasteiger partial charge in [0.15, 0.2) is 0 Å². The van der Waals surface area contributed by atoms with Crippen LogP contribution in [0.5, 0.6) is 0 Å². The molecule has 0 saturated heterocycles. The van der Waals surface area contributed by atoms with E-state index in [2.05, 4.69) is 0 Å². The van der Waals surface area contributed by atoms with Gasteiger partial charge < -0.3 is 4.42 Å². The first kappa shape index (κ1) is 10.4. The molecule has 0 amide bonds. The Kier molecular flexibility index (Phi) is 2.50. The zero-order valence-electron chi connectivity index (χ0n) is 30.4. The number of hydrogen-bond donors (Lipinski definition) is 0. The summed E-state index contributed by atoms with van der Waals surface area (Å²) in [7, 11) is 0. The molecule has 0 radical (unpaired) electrons. The van der Waals surface area contributed by atoms with E-state index < -0.39 is 79.1 Å². The van der Waals surface area contributed by atoms with Crippen molar-refractivity contribution in [1.29, 1.82) is 0 Å². The van der Waals surface area contributed by atoms with E-state index in [4.69, 9.17) is 22.2 Å². The average molecular weight is 440 g/mol. The van der Waals surface area contributed by atoms with E-state index in [1.165, 1.54) is 0 Å². The number of para-hydroxylation sites is 2. The van der Waals surface area contributed by atoms with Gasteiger partial charge in [0.05, 0.1) is 15.1 Å². The largest absolute Gasteiger partial charge is 0.455 e. The maximum atomic E-state index is 9.16. The fraction of sp³-hybridized carbons (Fsp3) is 0.125. The van der Waals surface area contributed by atoms with Crippen LogP contribution in [-0.2, 0) is 0 Å². The van der Waals surface area contributed by atoms with Crippen LogP contribution in [-0.4, -0.2) is 0 Å². The van der Waals surface area contributed by atoms with Crippen LogP contribution in [0.25, 0.3) is 27.5 Å². The van der Waals surface area contributed by atoms with Crippen molar-refractivity contribution in [3.8, 4) is 0 Å². The van der Waals surface area contributed by atoms with E-state index in [9.17, 15) is 0 Å². The summed E-state index contributed by atoms with van der Waals surface area (Å²) >= 11 is 0. The van der Waals surface area contributed by atoms with Crippen molar-refractivity contribution in [2.45, 2.75) is 12.8 Å². The molecule has 33 heavy (non-hydrogen) atoms. The Balaban J connectivity index is 1.88. The summed E-state index contributed by atoms with van der Waals surface area (Å²) < 4.78 is 119. The molecule has 4 unspecified atom stereocenters. The minimum atomic E-state index is -1.66. The molecular formula is C32H26O. The van der Waals surface area contributed by atoms with E-state index in [1.807, 2.05) is 18.2 Å². The molecule has 1 heterocycles. The van der Waals surface area contributed by atoms with E-state index in [1.54, 1.807) is 24.3 Å². The first-order valence-electron chi connectivity index (χ1n) is 17.3. The third kappa shape index (κ3) is 3.00. The third-order valence-electron chi connectivity index (χ3n) is 6.14. The molecule has 3 aliphatic rings. The number of fused-ring (bicyclic) bond motifs is 4. The molecule has 3 aliphatic carbocycles. The van der Waals surface area contributed by atoms with Gasteiger partial charge in [-0.25, -0.2) is 0 Å². The molecule has 1 aromatic heterocycles. The molecular weight excluding hydrogens is 400 g/mol. The normalized spacial score (nSPS) is 35.6. The Labute approximate surface area is 213 Å². The van der Waals surface area contributed by atoms with Crippen molar-refractivity contribution in [2.24, 2.45) is 11.8 Å². The zero-order valence-corrected chi connectivity index (χ0v) is 17.4. The fourth-order valence-electron chi connectivity index (χ4n) is 4.78. The van der Waals surface area contributed by atoms with E-state index in [0.29, 0.717) is 35.2 Å². The number of rotatable bonds is 4. The second-order valence-corrected chi connectivity index (χ2v) is 7.78. The van der Waals surface area contributed by atoms with Crippen LogP contribution in [0, 0.1) is 11.8 Å². The van der Waals surface area contributed by atoms with Gasteiger partial charge in [-0.05, 0) is 46.7 Å². The monoisotopic (exact) mass is 439 g/mol. The predicted molar refractivity (Wildman–Crippen MR) is 140 cm³/mol. The quantitative estimate of drug-likeness (QED) is 0.396. The second kappa shape index (κ2) is 7.94. The molecule has 1 heteroatoms. The minimum absolute atomic E-state index is 0.132. The van der Waals surface area contributed by atoms with Gasteiger partial charge in [-0.3, -0.25) is 0 Å². The number of furan rings is 1. The molecule has 0 N–H and O–H groups in total. The lowest BCUT2D eigenvalue weighted by molar-refractivity contribution is 0.626. The Morgan fingerprint density at radius 2 is 1.70 bits per heavy atom. The molecule has 3 aromatic rings. The van der Waals surface area contributed by atoms with Gasteiger partial charge in [0, 0.05) is 30.9 Å². The molecule has 160 valence electrons. The van der Waals surface area contributed by atoms with Gasteiger partial charge >= 0.3 is 0 Å². The maximum Gasteiger partial charge on any atom is 0.142 e. The number of benzene rings is 2. The van der Waals surface area contributed by atoms with Gasteiger partial charge in [0.1, 0.15) is 11.2 Å². The molecule has 0 fully saturated rings. The second-order valence-electron chi connectivity index (χ2n) is 7.78. The van der Waals surface area contributed by atoms with Crippen molar-refractivity contribution in [1.82, 2.24) is 0 Å². The van der Waals surface area contributed by atoms with Gasteiger partial charge in [-0.1, -0.05) is 104 Å². The lowest BCUT2D eigenvalue weighted by Gasteiger charge is -2.38. The minimum Gasteiger partial charge on any atom is -0.455 e. The lowest BCUT2D eigenvalue weighted by atomic mass is 9.65. The molecule has 0 spiro atoms. The van der Waals surface area contributed by atoms with E-state index >= 15 is 0 Å². The highest BCUT2D eigenvalue weighted by atomic mass is 16.3. The molecule has 0 bridgehead atoms. The summed E-state index contributed by atoms with van der Waals surface area (Å²) in [6.07, 6.45) is -3.28. The highest BCUT2D eigenvalue weighted by Crippen LogP contribution is 2.51. The SMILES string of the molecule is [2H]C=C([2H])C1=C(C2=C([2H])C([2H])=C([2H])C([2H])C2[2H])C2C([2H])=C([2H])C([2H])=C([2H])C2C(c2cccc3c2oc2ccccc23)=C1C([2H])=C[2H]. The molecule has 0 aliphatic heterocycles. The molecule has 6 rings (SSSR count). The van der Waals surface area contributed by atoms with Gasteiger partial charge in [-0.15, -0.1) is 0 Å². The molecule has 4 atom stereocenters. The summed E-state index contributed by atoms with van der Waals surface area (Å²) in [5.74, 6) is -2.72. The van der Waals surface area contributed by atoms with Crippen molar-refractivity contribution in [3.63, 3.8) is 0 Å². The summed E-state index contributed by atoms with van der Waals surface area (Å²) in [4.78, 5) is 0. The van der Waals surface area contributed by atoms with Crippen molar-refractivity contribution in [2.75, 3.05) is 0 Å². The van der Waals surface area contributed by atoms with E-state index in [0.717, 1.165) is 5.39 Å². The van der Waals surface area contributed by atoms with Crippen molar-refractivity contribution in [3.05, 3.63) is 138 Å². The number of hydrogen-bond acceptors (Lipinski definition) is 1.